The summed E-state index contributed by atoms with van der Waals surface area (Å²) < 4.78 is 24.3. The van der Waals surface area contributed by atoms with Crippen LogP contribution < -0.4 is 10.5 Å². The molecule has 0 aliphatic rings. The van der Waals surface area contributed by atoms with Crippen LogP contribution in [0.1, 0.15) is 19.8 Å². The Bertz CT molecular complexity index is 871. The number of nitrogens with two attached hydrogens (primary N) is 1. The van der Waals surface area contributed by atoms with E-state index >= 15 is 0 Å². The number of aromatic nitrogens is 3. The van der Waals surface area contributed by atoms with Crippen LogP contribution in [-0.2, 0) is 4.74 Å². The van der Waals surface area contributed by atoms with Crippen molar-refractivity contribution in [2.24, 2.45) is 0 Å². The molecule has 0 radical (unpaired) electrons. The molecule has 7 heteroatoms. The average molecular weight is 356 g/mol. The SMILES string of the molecule is CCCCOCCOc1nc(N)nc2ccc(-c3ccc(F)cc3)nc12. The molecule has 0 aliphatic heterocycles. The van der Waals surface area contributed by atoms with Gasteiger partial charge in [-0.25, -0.2) is 14.4 Å². The van der Waals surface area contributed by atoms with Gasteiger partial charge in [-0.3, -0.25) is 0 Å². The van der Waals surface area contributed by atoms with Crippen LogP contribution in [-0.4, -0.2) is 34.8 Å². The molecular formula is C19H21FN4O2. The number of anilines is 1. The summed E-state index contributed by atoms with van der Waals surface area (Å²) in [4.78, 5) is 12.9. The van der Waals surface area contributed by atoms with Crippen LogP contribution in [0.3, 0.4) is 0 Å². The molecule has 3 aromatic rings. The van der Waals surface area contributed by atoms with Gasteiger partial charge in [0.25, 0.3) is 0 Å². The molecule has 2 aromatic heterocycles. The lowest BCUT2D eigenvalue weighted by atomic mass is 10.1. The second-order valence-corrected chi connectivity index (χ2v) is 5.77. The van der Waals surface area contributed by atoms with Gasteiger partial charge in [-0.1, -0.05) is 13.3 Å². The number of rotatable bonds is 8. The van der Waals surface area contributed by atoms with Crippen LogP contribution in [0.5, 0.6) is 5.88 Å². The predicted octanol–water partition coefficient (Wildman–Crippen LogP) is 3.61. The number of hydrogen-bond donors (Lipinski definition) is 1. The molecule has 0 spiro atoms. The van der Waals surface area contributed by atoms with E-state index in [1.807, 2.05) is 0 Å². The first kappa shape index (κ1) is 18.0. The molecule has 0 saturated carbocycles. The highest BCUT2D eigenvalue weighted by Crippen LogP contribution is 2.26. The van der Waals surface area contributed by atoms with E-state index in [9.17, 15) is 4.39 Å². The highest BCUT2D eigenvalue weighted by molar-refractivity contribution is 5.83. The van der Waals surface area contributed by atoms with Crippen molar-refractivity contribution in [1.29, 1.82) is 0 Å². The second kappa shape index (κ2) is 8.53. The summed E-state index contributed by atoms with van der Waals surface area (Å²) in [5.74, 6) is 0.143. The lowest BCUT2D eigenvalue weighted by Gasteiger charge is -2.10. The fraction of sp³-hybridized carbons (Fsp3) is 0.316. The van der Waals surface area contributed by atoms with Crippen LogP contribution in [0.25, 0.3) is 22.3 Å². The number of ether oxygens (including phenoxy) is 2. The molecule has 26 heavy (non-hydrogen) atoms. The Hall–Kier alpha value is -2.80. The van der Waals surface area contributed by atoms with Crippen molar-refractivity contribution in [2.45, 2.75) is 19.8 Å². The minimum Gasteiger partial charge on any atom is -0.474 e. The lowest BCUT2D eigenvalue weighted by molar-refractivity contribution is 0.0970. The van der Waals surface area contributed by atoms with E-state index in [-0.39, 0.29) is 11.8 Å². The van der Waals surface area contributed by atoms with Crippen molar-refractivity contribution in [3.8, 4) is 17.1 Å². The van der Waals surface area contributed by atoms with E-state index in [1.165, 1.54) is 12.1 Å². The van der Waals surface area contributed by atoms with E-state index in [0.29, 0.717) is 42.4 Å². The third-order valence-electron chi connectivity index (χ3n) is 3.78. The van der Waals surface area contributed by atoms with Gasteiger partial charge in [-0.05, 0) is 42.8 Å². The maximum Gasteiger partial charge on any atom is 0.245 e. The van der Waals surface area contributed by atoms with E-state index < -0.39 is 0 Å². The van der Waals surface area contributed by atoms with Crippen molar-refractivity contribution in [3.05, 3.63) is 42.2 Å². The van der Waals surface area contributed by atoms with Gasteiger partial charge in [0.05, 0.1) is 17.8 Å². The molecule has 0 bridgehead atoms. The molecule has 3 rings (SSSR count). The molecule has 0 aliphatic carbocycles. The zero-order valence-corrected chi connectivity index (χ0v) is 14.6. The summed E-state index contributed by atoms with van der Waals surface area (Å²) in [6.07, 6.45) is 2.11. The zero-order chi connectivity index (χ0) is 18.4. The number of nitrogens with zero attached hydrogens (tertiary/aromatic N) is 3. The van der Waals surface area contributed by atoms with Crippen molar-refractivity contribution in [1.82, 2.24) is 15.0 Å². The van der Waals surface area contributed by atoms with Crippen LogP contribution in [0.15, 0.2) is 36.4 Å². The summed E-state index contributed by atoms with van der Waals surface area (Å²) in [6.45, 7) is 3.63. The number of nitrogen functional groups attached to an aromatic ring is 1. The minimum absolute atomic E-state index is 0.121. The van der Waals surface area contributed by atoms with Crippen molar-refractivity contribution < 1.29 is 13.9 Å². The molecular weight excluding hydrogens is 335 g/mol. The Balaban J connectivity index is 1.82. The summed E-state index contributed by atoms with van der Waals surface area (Å²) in [5.41, 5.74) is 8.32. The molecule has 0 saturated heterocycles. The second-order valence-electron chi connectivity index (χ2n) is 5.77. The van der Waals surface area contributed by atoms with E-state index in [0.717, 1.165) is 18.4 Å². The van der Waals surface area contributed by atoms with Crippen LogP contribution in [0, 0.1) is 5.82 Å². The smallest absolute Gasteiger partial charge is 0.245 e. The van der Waals surface area contributed by atoms with Crippen molar-refractivity contribution in [3.63, 3.8) is 0 Å². The normalized spacial score (nSPS) is 11.0. The Morgan fingerprint density at radius 1 is 0.962 bits per heavy atom. The molecule has 0 fully saturated rings. The van der Waals surface area contributed by atoms with Gasteiger partial charge < -0.3 is 15.2 Å². The topological polar surface area (TPSA) is 83.2 Å². The number of unbranched alkanes of at least 4 members (excludes halogenated alkanes) is 1. The standard InChI is InChI=1S/C19H21FN4O2/c1-2-3-10-25-11-12-26-18-17-16(23-19(21)24-18)9-8-15(22-17)13-4-6-14(20)7-5-13/h4-9H,2-3,10-12H2,1H3,(H2,21,23,24). The molecule has 0 amide bonds. The van der Waals surface area contributed by atoms with Gasteiger partial charge in [0.1, 0.15) is 12.4 Å². The number of hydrogen-bond acceptors (Lipinski definition) is 6. The molecule has 0 unspecified atom stereocenters. The zero-order valence-electron chi connectivity index (χ0n) is 14.6. The van der Waals surface area contributed by atoms with Gasteiger partial charge in [-0.2, -0.15) is 4.98 Å². The molecule has 136 valence electrons. The lowest BCUT2D eigenvalue weighted by Crippen LogP contribution is -2.10. The fourth-order valence-electron chi connectivity index (χ4n) is 2.43. The summed E-state index contributed by atoms with van der Waals surface area (Å²) >= 11 is 0. The summed E-state index contributed by atoms with van der Waals surface area (Å²) in [6, 6.07) is 9.73. The maximum absolute atomic E-state index is 13.1. The molecule has 2 N–H and O–H groups in total. The van der Waals surface area contributed by atoms with Gasteiger partial charge in [-0.15, -0.1) is 0 Å². The molecule has 1 aromatic carbocycles. The van der Waals surface area contributed by atoms with Crippen molar-refractivity contribution in [2.75, 3.05) is 25.6 Å². The van der Waals surface area contributed by atoms with Crippen LogP contribution in [0.4, 0.5) is 10.3 Å². The van der Waals surface area contributed by atoms with Crippen LogP contribution in [0.2, 0.25) is 0 Å². The Labute approximate surface area is 151 Å². The van der Waals surface area contributed by atoms with Gasteiger partial charge in [0.15, 0.2) is 5.52 Å². The molecule has 2 heterocycles. The first-order chi connectivity index (χ1) is 12.7. The van der Waals surface area contributed by atoms with Crippen molar-refractivity contribution >= 4 is 17.0 Å². The number of pyridine rings is 1. The first-order valence-corrected chi connectivity index (χ1v) is 8.58. The Kier molecular flexibility index (Phi) is 5.91. The monoisotopic (exact) mass is 356 g/mol. The van der Waals surface area contributed by atoms with E-state index in [2.05, 4.69) is 21.9 Å². The van der Waals surface area contributed by atoms with Crippen LogP contribution >= 0.6 is 0 Å². The average Bonchev–Trinajstić information content (AvgIpc) is 2.64. The Morgan fingerprint density at radius 2 is 1.77 bits per heavy atom. The third-order valence-corrected chi connectivity index (χ3v) is 3.78. The molecule has 0 atom stereocenters. The number of fused-ring (bicyclic) bond motifs is 1. The predicted molar refractivity (Wildman–Crippen MR) is 98.4 cm³/mol. The number of halogens is 1. The summed E-state index contributed by atoms with van der Waals surface area (Å²) in [7, 11) is 0. The van der Waals surface area contributed by atoms with E-state index in [4.69, 9.17) is 15.2 Å². The van der Waals surface area contributed by atoms with Gasteiger partial charge in [0.2, 0.25) is 11.8 Å². The third kappa shape index (κ3) is 4.43. The van der Waals surface area contributed by atoms with Gasteiger partial charge >= 0.3 is 0 Å². The Morgan fingerprint density at radius 3 is 2.54 bits per heavy atom. The first-order valence-electron chi connectivity index (χ1n) is 8.58. The van der Waals surface area contributed by atoms with E-state index in [1.54, 1.807) is 24.3 Å². The largest absolute Gasteiger partial charge is 0.474 e. The highest BCUT2D eigenvalue weighted by atomic mass is 19.1. The highest BCUT2D eigenvalue weighted by Gasteiger charge is 2.11. The fourth-order valence-corrected chi connectivity index (χ4v) is 2.43. The molecule has 6 nitrogen and oxygen atoms in total. The minimum atomic E-state index is -0.294. The van der Waals surface area contributed by atoms with Gasteiger partial charge in [0, 0.05) is 12.2 Å². The maximum atomic E-state index is 13.1. The number of benzene rings is 1. The summed E-state index contributed by atoms with van der Waals surface area (Å²) in [5, 5.41) is 0. The quantitative estimate of drug-likeness (QED) is 0.621.